The molecule has 7 aromatic rings. The van der Waals surface area contributed by atoms with Crippen LogP contribution in [0.15, 0.2) is 146 Å². The van der Waals surface area contributed by atoms with Crippen molar-refractivity contribution in [1.29, 1.82) is 0 Å². The Bertz CT molecular complexity index is 2180. The zero-order valence-corrected chi connectivity index (χ0v) is 26.2. The molecule has 0 amide bonds. The fraction of sp³-hybridized carbons (Fsp3) is 0.0930. The van der Waals surface area contributed by atoms with Crippen LogP contribution in [0, 0.1) is 6.92 Å². The second kappa shape index (κ2) is 11.0. The topological polar surface area (TPSA) is 38.7 Å². The Hall–Kier alpha value is -5.67. The minimum absolute atomic E-state index is 0.0392. The summed E-state index contributed by atoms with van der Waals surface area (Å²) in [6, 6.07) is 51.3. The summed E-state index contributed by atoms with van der Waals surface area (Å²) in [7, 11) is 0. The fourth-order valence-electron chi connectivity index (χ4n) is 6.76. The molecule has 0 radical (unpaired) electrons. The van der Waals surface area contributed by atoms with Gasteiger partial charge < -0.3 is 0 Å². The Morgan fingerprint density at radius 3 is 1.70 bits per heavy atom. The second-order valence-corrected chi connectivity index (χ2v) is 12.6. The van der Waals surface area contributed by atoms with Gasteiger partial charge in [-0.05, 0) is 82.8 Å². The van der Waals surface area contributed by atoms with Crippen LogP contribution < -0.4 is 0 Å². The second-order valence-electron chi connectivity index (χ2n) is 12.6. The van der Waals surface area contributed by atoms with E-state index >= 15 is 0 Å². The van der Waals surface area contributed by atoms with Crippen molar-refractivity contribution in [3.05, 3.63) is 162 Å². The van der Waals surface area contributed by atoms with Crippen LogP contribution in [0.1, 0.15) is 30.7 Å². The largest absolute Gasteiger partial charge is 0.253 e. The molecule has 2 heterocycles. The first-order valence-electron chi connectivity index (χ1n) is 15.8. The van der Waals surface area contributed by atoms with Gasteiger partial charge >= 0.3 is 0 Å². The van der Waals surface area contributed by atoms with Gasteiger partial charge in [-0.1, -0.05) is 117 Å². The number of pyridine rings is 1. The summed E-state index contributed by atoms with van der Waals surface area (Å²) in [4.78, 5) is 15.2. The molecular formula is C43H33N3. The van der Waals surface area contributed by atoms with Gasteiger partial charge in [-0.2, -0.15) is 0 Å². The number of nitrogens with zero attached hydrogens (tertiary/aromatic N) is 3. The molecule has 0 unspecified atom stereocenters. The maximum absolute atomic E-state index is 5.16. The Kier molecular flexibility index (Phi) is 6.69. The van der Waals surface area contributed by atoms with Gasteiger partial charge in [0.2, 0.25) is 0 Å². The van der Waals surface area contributed by atoms with Gasteiger partial charge in [-0.25, -0.2) is 9.97 Å². The number of aromatic nitrogens is 3. The third kappa shape index (κ3) is 4.91. The summed E-state index contributed by atoms with van der Waals surface area (Å²) < 4.78 is 0. The lowest BCUT2D eigenvalue weighted by Gasteiger charge is -2.21. The van der Waals surface area contributed by atoms with E-state index in [0.717, 1.165) is 56.2 Å². The molecule has 0 aliphatic heterocycles. The molecule has 5 aromatic carbocycles. The highest BCUT2D eigenvalue weighted by Gasteiger charge is 2.35. The third-order valence-corrected chi connectivity index (χ3v) is 9.16. The average Bonchev–Trinajstić information content (AvgIpc) is 3.34. The first-order valence-corrected chi connectivity index (χ1v) is 15.8. The molecule has 2 aromatic heterocycles. The normalized spacial score (nSPS) is 12.8. The molecule has 0 spiro atoms. The van der Waals surface area contributed by atoms with Gasteiger partial charge in [0, 0.05) is 33.4 Å². The molecule has 0 bridgehead atoms. The number of fused-ring (bicyclic) bond motifs is 3. The highest BCUT2D eigenvalue weighted by atomic mass is 14.9. The van der Waals surface area contributed by atoms with Gasteiger partial charge in [0.1, 0.15) is 0 Å². The van der Waals surface area contributed by atoms with Crippen molar-refractivity contribution in [3.8, 4) is 67.4 Å². The first kappa shape index (κ1) is 27.8. The highest BCUT2D eigenvalue weighted by molar-refractivity contribution is 5.86. The summed E-state index contributed by atoms with van der Waals surface area (Å²) in [5.74, 6) is 0.684. The molecule has 3 nitrogen and oxygen atoms in total. The summed E-state index contributed by atoms with van der Waals surface area (Å²) in [5.41, 5.74) is 15.4. The van der Waals surface area contributed by atoms with E-state index < -0.39 is 0 Å². The minimum atomic E-state index is -0.0392. The van der Waals surface area contributed by atoms with Crippen molar-refractivity contribution >= 4 is 0 Å². The van der Waals surface area contributed by atoms with E-state index in [1.165, 1.54) is 22.3 Å². The maximum Gasteiger partial charge on any atom is 0.160 e. The van der Waals surface area contributed by atoms with Crippen molar-refractivity contribution in [2.75, 3.05) is 0 Å². The van der Waals surface area contributed by atoms with Gasteiger partial charge in [0.15, 0.2) is 5.82 Å². The lowest BCUT2D eigenvalue weighted by Crippen LogP contribution is -2.14. The molecule has 8 rings (SSSR count). The molecule has 0 saturated carbocycles. The van der Waals surface area contributed by atoms with Crippen molar-refractivity contribution < 1.29 is 0 Å². The van der Waals surface area contributed by atoms with E-state index in [1.807, 2.05) is 25.1 Å². The van der Waals surface area contributed by atoms with Gasteiger partial charge in [-0.15, -0.1) is 0 Å². The van der Waals surface area contributed by atoms with Crippen molar-refractivity contribution in [2.45, 2.75) is 26.2 Å². The Balaban J connectivity index is 1.35. The summed E-state index contributed by atoms with van der Waals surface area (Å²) in [5, 5.41) is 0. The van der Waals surface area contributed by atoms with E-state index in [2.05, 4.69) is 141 Å². The molecule has 0 atom stereocenters. The van der Waals surface area contributed by atoms with Gasteiger partial charge in [0.25, 0.3) is 0 Å². The van der Waals surface area contributed by atoms with E-state index in [9.17, 15) is 0 Å². The van der Waals surface area contributed by atoms with Crippen LogP contribution in [-0.2, 0) is 5.41 Å². The van der Waals surface area contributed by atoms with Crippen molar-refractivity contribution in [2.24, 2.45) is 0 Å². The molecule has 3 heteroatoms. The van der Waals surface area contributed by atoms with Crippen LogP contribution in [0.25, 0.3) is 67.4 Å². The molecule has 1 aliphatic rings. The van der Waals surface area contributed by atoms with Crippen LogP contribution in [-0.4, -0.2) is 15.0 Å². The Labute approximate surface area is 270 Å². The number of hydrogen-bond acceptors (Lipinski definition) is 3. The SMILES string of the molecule is Cc1cccc(-c2cc(-c3ccc4c(c3)-c3ccccc3C4(C)C)cc(-c3nc(-c4ccccc4)cc(-c4ccccc4)n3)c2)n1. The fourth-order valence-corrected chi connectivity index (χ4v) is 6.76. The van der Waals surface area contributed by atoms with Crippen LogP contribution in [0.3, 0.4) is 0 Å². The molecule has 46 heavy (non-hydrogen) atoms. The standard InChI is InChI=1S/C43H33N3/c1-28-13-12-20-39(44-28)33-23-32(31-21-22-38-36(26-31)35-18-10-11-19-37(35)43(38,2)3)24-34(25-33)42-45-40(29-14-6-4-7-15-29)27-41(46-42)30-16-8-5-9-17-30/h4-27H,1-3H3. The summed E-state index contributed by atoms with van der Waals surface area (Å²) in [6.45, 7) is 6.67. The number of rotatable bonds is 5. The number of aryl methyl sites for hydroxylation is 1. The maximum atomic E-state index is 5.16. The Morgan fingerprint density at radius 1 is 0.391 bits per heavy atom. The first-order chi connectivity index (χ1) is 22.4. The summed E-state index contributed by atoms with van der Waals surface area (Å²) in [6.07, 6.45) is 0. The molecule has 0 N–H and O–H groups in total. The average molecular weight is 592 g/mol. The molecular weight excluding hydrogens is 558 g/mol. The van der Waals surface area contributed by atoms with Crippen LogP contribution in [0.2, 0.25) is 0 Å². The van der Waals surface area contributed by atoms with E-state index in [0.29, 0.717) is 5.82 Å². The zero-order valence-electron chi connectivity index (χ0n) is 26.2. The van der Waals surface area contributed by atoms with Crippen LogP contribution >= 0.6 is 0 Å². The molecule has 0 saturated heterocycles. The minimum Gasteiger partial charge on any atom is -0.253 e. The molecule has 220 valence electrons. The Morgan fingerprint density at radius 2 is 1.00 bits per heavy atom. The van der Waals surface area contributed by atoms with E-state index in [-0.39, 0.29) is 5.41 Å². The quantitative estimate of drug-likeness (QED) is 0.200. The van der Waals surface area contributed by atoms with Crippen molar-refractivity contribution in [3.63, 3.8) is 0 Å². The third-order valence-electron chi connectivity index (χ3n) is 9.16. The van der Waals surface area contributed by atoms with Crippen LogP contribution in [0.4, 0.5) is 0 Å². The highest BCUT2D eigenvalue weighted by Crippen LogP contribution is 2.49. The van der Waals surface area contributed by atoms with Crippen LogP contribution in [0.5, 0.6) is 0 Å². The number of hydrogen-bond donors (Lipinski definition) is 0. The lowest BCUT2D eigenvalue weighted by atomic mass is 9.82. The molecule has 0 fully saturated rings. The van der Waals surface area contributed by atoms with Crippen molar-refractivity contribution in [1.82, 2.24) is 15.0 Å². The molecule has 1 aliphatic carbocycles. The lowest BCUT2D eigenvalue weighted by molar-refractivity contribution is 0.660. The smallest absolute Gasteiger partial charge is 0.160 e. The monoisotopic (exact) mass is 591 g/mol. The van der Waals surface area contributed by atoms with Gasteiger partial charge in [0.05, 0.1) is 17.1 Å². The van der Waals surface area contributed by atoms with E-state index in [4.69, 9.17) is 15.0 Å². The van der Waals surface area contributed by atoms with Gasteiger partial charge in [-0.3, -0.25) is 4.98 Å². The number of benzene rings is 5. The zero-order chi connectivity index (χ0) is 31.3. The summed E-state index contributed by atoms with van der Waals surface area (Å²) >= 11 is 0. The van der Waals surface area contributed by atoms with E-state index in [1.54, 1.807) is 0 Å². The predicted molar refractivity (Wildman–Crippen MR) is 189 cm³/mol. The predicted octanol–water partition coefficient (Wildman–Crippen LogP) is 10.8.